The molecule has 7 nitrogen and oxygen atoms in total. The van der Waals surface area contributed by atoms with Crippen molar-refractivity contribution in [2.75, 3.05) is 0 Å². The molecule has 9 heteroatoms. The third-order valence-corrected chi connectivity index (χ3v) is 4.84. The Hall–Kier alpha value is -3.20. The quantitative estimate of drug-likeness (QED) is 0.540. The average Bonchev–Trinajstić information content (AvgIpc) is 3.33. The van der Waals surface area contributed by atoms with Crippen LogP contribution < -0.4 is 0 Å². The standard InChI is InChI=1S/C16H10FN7S/c17-11-6-12-9(2-1-3-19-12)4-10(11)5-14-21-22-16-24(14)23-15(25-16)13-7-18-8-20-13/h1-4,6-8H,5H2,(H,18,20). The minimum atomic E-state index is -0.313. The van der Waals surface area contributed by atoms with Gasteiger partial charge in [0.15, 0.2) is 10.8 Å². The summed E-state index contributed by atoms with van der Waals surface area (Å²) in [5.41, 5.74) is 1.97. The van der Waals surface area contributed by atoms with Gasteiger partial charge in [-0.3, -0.25) is 4.98 Å². The lowest BCUT2D eigenvalue weighted by molar-refractivity contribution is 0.612. The van der Waals surface area contributed by atoms with Crippen LogP contribution in [-0.4, -0.2) is 34.8 Å². The van der Waals surface area contributed by atoms with Gasteiger partial charge in [0, 0.05) is 24.1 Å². The SMILES string of the molecule is Fc1cc2ncccc2cc1Cc1nnc2sc(-c3cnc[nH]3)nn12. The Labute approximate surface area is 144 Å². The molecule has 0 unspecified atom stereocenters. The van der Waals surface area contributed by atoms with Crippen LogP contribution >= 0.6 is 11.3 Å². The molecule has 0 amide bonds. The molecule has 4 heterocycles. The smallest absolute Gasteiger partial charge is 0.235 e. The molecule has 0 saturated carbocycles. The summed E-state index contributed by atoms with van der Waals surface area (Å²) in [5, 5.41) is 14.4. The monoisotopic (exact) mass is 351 g/mol. The Bertz CT molecular complexity index is 1190. The summed E-state index contributed by atoms with van der Waals surface area (Å²) in [6.07, 6.45) is 5.23. The first-order chi connectivity index (χ1) is 12.3. The summed E-state index contributed by atoms with van der Waals surface area (Å²) in [7, 11) is 0. The van der Waals surface area contributed by atoms with Crippen LogP contribution in [0.15, 0.2) is 43.0 Å². The zero-order valence-corrected chi connectivity index (χ0v) is 13.5. The third kappa shape index (κ3) is 2.36. The Morgan fingerprint density at radius 1 is 1.24 bits per heavy atom. The van der Waals surface area contributed by atoms with E-state index in [1.807, 2.05) is 12.1 Å². The lowest BCUT2D eigenvalue weighted by Gasteiger charge is -2.04. The molecule has 122 valence electrons. The summed E-state index contributed by atoms with van der Waals surface area (Å²) >= 11 is 1.40. The van der Waals surface area contributed by atoms with E-state index in [4.69, 9.17) is 0 Å². The summed E-state index contributed by atoms with van der Waals surface area (Å²) in [6.45, 7) is 0. The lowest BCUT2D eigenvalue weighted by atomic mass is 10.1. The second kappa shape index (κ2) is 5.42. The van der Waals surface area contributed by atoms with E-state index in [0.29, 0.717) is 28.3 Å². The number of fused-ring (bicyclic) bond motifs is 2. The van der Waals surface area contributed by atoms with Crippen LogP contribution in [0.3, 0.4) is 0 Å². The van der Waals surface area contributed by atoms with E-state index in [2.05, 4.69) is 30.2 Å². The van der Waals surface area contributed by atoms with Crippen molar-refractivity contribution in [1.29, 1.82) is 0 Å². The molecule has 25 heavy (non-hydrogen) atoms. The maximum Gasteiger partial charge on any atom is 0.235 e. The number of hydrogen-bond donors (Lipinski definition) is 1. The van der Waals surface area contributed by atoms with E-state index in [1.54, 1.807) is 29.3 Å². The normalized spacial score (nSPS) is 11.6. The van der Waals surface area contributed by atoms with Crippen molar-refractivity contribution in [2.24, 2.45) is 0 Å². The van der Waals surface area contributed by atoms with Crippen LogP contribution in [0.2, 0.25) is 0 Å². The number of H-pyrrole nitrogens is 1. The molecular weight excluding hydrogens is 341 g/mol. The van der Waals surface area contributed by atoms with Crippen molar-refractivity contribution in [2.45, 2.75) is 6.42 Å². The zero-order valence-electron chi connectivity index (χ0n) is 12.7. The van der Waals surface area contributed by atoms with Crippen LogP contribution in [0.25, 0.3) is 26.6 Å². The maximum absolute atomic E-state index is 14.4. The van der Waals surface area contributed by atoms with Gasteiger partial charge >= 0.3 is 0 Å². The largest absolute Gasteiger partial charge is 0.343 e. The van der Waals surface area contributed by atoms with Gasteiger partial charge in [-0.1, -0.05) is 17.4 Å². The molecule has 0 aliphatic rings. The van der Waals surface area contributed by atoms with Gasteiger partial charge in [0.05, 0.1) is 23.7 Å². The molecular formula is C16H10FN7S. The first kappa shape index (κ1) is 14.2. The number of imidazole rings is 1. The van der Waals surface area contributed by atoms with Gasteiger partial charge in [-0.2, -0.15) is 9.61 Å². The fourth-order valence-corrected chi connectivity index (χ4v) is 3.53. The molecule has 0 saturated heterocycles. The summed E-state index contributed by atoms with van der Waals surface area (Å²) < 4.78 is 16.1. The molecule has 5 rings (SSSR count). The Morgan fingerprint density at radius 3 is 3.08 bits per heavy atom. The molecule has 5 aromatic rings. The van der Waals surface area contributed by atoms with Crippen molar-refractivity contribution in [3.63, 3.8) is 0 Å². The highest BCUT2D eigenvalue weighted by molar-refractivity contribution is 7.19. The fraction of sp³-hybridized carbons (Fsp3) is 0.0625. The Balaban J connectivity index is 1.57. The number of benzene rings is 1. The van der Waals surface area contributed by atoms with Gasteiger partial charge in [0.1, 0.15) is 5.82 Å². The summed E-state index contributed by atoms with van der Waals surface area (Å²) in [4.78, 5) is 11.8. The van der Waals surface area contributed by atoms with Crippen molar-refractivity contribution in [3.05, 3.63) is 60.2 Å². The number of nitrogens with zero attached hydrogens (tertiary/aromatic N) is 6. The minimum Gasteiger partial charge on any atom is -0.343 e. The molecule has 1 aromatic carbocycles. The van der Waals surface area contributed by atoms with E-state index in [1.165, 1.54) is 17.4 Å². The number of pyridine rings is 1. The van der Waals surface area contributed by atoms with Crippen molar-refractivity contribution < 1.29 is 4.39 Å². The molecule has 0 fully saturated rings. The predicted octanol–water partition coefficient (Wildman–Crippen LogP) is 2.85. The third-order valence-electron chi connectivity index (χ3n) is 3.90. The molecule has 0 spiro atoms. The average molecular weight is 351 g/mol. The minimum absolute atomic E-state index is 0.296. The molecule has 4 aromatic heterocycles. The van der Waals surface area contributed by atoms with Crippen molar-refractivity contribution in [1.82, 2.24) is 34.8 Å². The highest BCUT2D eigenvalue weighted by atomic mass is 32.1. The van der Waals surface area contributed by atoms with Crippen LogP contribution in [-0.2, 0) is 6.42 Å². The molecule has 0 atom stereocenters. The summed E-state index contributed by atoms with van der Waals surface area (Å²) in [5.74, 6) is 0.270. The van der Waals surface area contributed by atoms with Gasteiger partial charge in [-0.15, -0.1) is 10.2 Å². The van der Waals surface area contributed by atoms with Crippen molar-refractivity contribution in [3.8, 4) is 10.7 Å². The highest BCUT2D eigenvalue weighted by Crippen LogP contribution is 2.25. The van der Waals surface area contributed by atoms with Gasteiger partial charge in [0.25, 0.3) is 0 Å². The number of nitrogens with one attached hydrogen (secondary N) is 1. The Kier molecular flexibility index (Phi) is 3.07. The highest BCUT2D eigenvalue weighted by Gasteiger charge is 2.16. The zero-order chi connectivity index (χ0) is 16.8. The van der Waals surface area contributed by atoms with Crippen molar-refractivity contribution >= 4 is 27.2 Å². The van der Waals surface area contributed by atoms with Gasteiger partial charge < -0.3 is 4.98 Å². The van der Waals surface area contributed by atoms with Crippen LogP contribution in [0, 0.1) is 5.82 Å². The van der Waals surface area contributed by atoms with E-state index < -0.39 is 0 Å². The predicted molar refractivity (Wildman–Crippen MR) is 90.7 cm³/mol. The first-order valence-electron chi connectivity index (χ1n) is 7.51. The molecule has 0 radical (unpaired) electrons. The first-order valence-corrected chi connectivity index (χ1v) is 8.32. The van der Waals surface area contributed by atoms with Gasteiger partial charge in [-0.25, -0.2) is 9.37 Å². The summed E-state index contributed by atoms with van der Waals surface area (Å²) in [6, 6.07) is 6.97. The van der Waals surface area contributed by atoms with Crippen LogP contribution in [0.1, 0.15) is 11.4 Å². The van der Waals surface area contributed by atoms with E-state index in [-0.39, 0.29) is 5.82 Å². The number of hydrogen-bond acceptors (Lipinski definition) is 6. The van der Waals surface area contributed by atoms with Gasteiger partial charge in [0.2, 0.25) is 4.96 Å². The second-order valence-electron chi connectivity index (χ2n) is 5.50. The van der Waals surface area contributed by atoms with E-state index >= 15 is 0 Å². The fourth-order valence-electron chi connectivity index (χ4n) is 2.70. The Morgan fingerprint density at radius 2 is 2.20 bits per heavy atom. The van der Waals surface area contributed by atoms with Gasteiger partial charge in [-0.05, 0) is 17.7 Å². The number of halogens is 1. The van der Waals surface area contributed by atoms with E-state index in [0.717, 1.165) is 16.1 Å². The second-order valence-corrected chi connectivity index (χ2v) is 6.46. The number of aromatic amines is 1. The maximum atomic E-state index is 14.4. The molecule has 0 aliphatic carbocycles. The lowest BCUT2D eigenvalue weighted by Crippen LogP contribution is -2.00. The molecule has 1 N–H and O–H groups in total. The number of aromatic nitrogens is 7. The molecule has 0 aliphatic heterocycles. The van der Waals surface area contributed by atoms with E-state index in [9.17, 15) is 4.39 Å². The number of rotatable bonds is 3. The van der Waals surface area contributed by atoms with Crippen LogP contribution in [0.5, 0.6) is 0 Å². The molecule has 0 bridgehead atoms. The topological polar surface area (TPSA) is 84.6 Å². The van der Waals surface area contributed by atoms with Crippen LogP contribution in [0.4, 0.5) is 4.39 Å².